The fourth-order valence-electron chi connectivity index (χ4n) is 2.38. The molecule has 120 valence electrons. The van der Waals surface area contributed by atoms with Crippen molar-refractivity contribution in [2.24, 2.45) is 0 Å². The molecule has 0 aliphatic heterocycles. The lowest BCUT2D eigenvalue weighted by molar-refractivity contribution is 0.413. The summed E-state index contributed by atoms with van der Waals surface area (Å²) in [5.74, 6) is 0. The highest BCUT2D eigenvalue weighted by atomic mass is 15.0. The van der Waals surface area contributed by atoms with Crippen molar-refractivity contribution in [1.29, 1.82) is 0 Å². The Bertz CT molecular complexity index is 574. The molecule has 0 aliphatic rings. The predicted molar refractivity (Wildman–Crippen MR) is 97.1 cm³/mol. The maximum atomic E-state index is 3.61. The summed E-state index contributed by atoms with van der Waals surface area (Å²) < 4.78 is 0. The zero-order chi connectivity index (χ0) is 16.4. The average Bonchev–Trinajstić information content (AvgIpc) is 2.40. The smallest absolute Gasteiger partial charge is 0.0213 e. The Kier molecular flexibility index (Phi) is 4.93. The van der Waals surface area contributed by atoms with E-state index in [1.54, 1.807) is 0 Å². The van der Waals surface area contributed by atoms with Gasteiger partial charge < -0.3 is 10.6 Å². The molecule has 2 aromatic carbocycles. The summed E-state index contributed by atoms with van der Waals surface area (Å²) in [5.41, 5.74) is 3.01. The van der Waals surface area contributed by atoms with Crippen molar-refractivity contribution in [3.05, 3.63) is 47.5 Å². The highest BCUT2D eigenvalue weighted by molar-refractivity contribution is 5.84. The van der Waals surface area contributed by atoms with Gasteiger partial charge in [-0.1, -0.05) is 24.3 Å². The third-order valence-corrected chi connectivity index (χ3v) is 3.69. The van der Waals surface area contributed by atoms with E-state index in [1.165, 1.54) is 21.9 Å². The van der Waals surface area contributed by atoms with Gasteiger partial charge in [0.15, 0.2) is 0 Å². The molecule has 0 spiro atoms. The number of benzene rings is 2. The molecular formula is C20H30N2. The van der Waals surface area contributed by atoms with Gasteiger partial charge in [0.05, 0.1) is 0 Å². The Hall–Kier alpha value is -1.38. The second-order valence-electron chi connectivity index (χ2n) is 8.18. The molecule has 22 heavy (non-hydrogen) atoms. The van der Waals surface area contributed by atoms with E-state index in [4.69, 9.17) is 0 Å². The van der Waals surface area contributed by atoms with Crippen LogP contribution in [0.4, 0.5) is 0 Å². The standard InChI is InChI=1S/C20H30N2/c1-19(2,3)21-13-17-11-15-9-7-8-10-16(15)12-18(17)14-22-20(4,5)6/h7-12,21-22H,13-14H2,1-6H3. The third kappa shape index (κ3) is 5.11. The van der Waals surface area contributed by atoms with Gasteiger partial charge in [-0.05, 0) is 75.6 Å². The Morgan fingerprint density at radius 1 is 0.682 bits per heavy atom. The molecule has 2 nitrogen and oxygen atoms in total. The van der Waals surface area contributed by atoms with Crippen LogP contribution in [0.1, 0.15) is 52.7 Å². The minimum absolute atomic E-state index is 0.125. The summed E-state index contributed by atoms with van der Waals surface area (Å²) in [6.07, 6.45) is 0. The van der Waals surface area contributed by atoms with E-state index in [0.717, 1.165) is 13.1 Å². The van der Waals surface area contributed by atoms with Gasteiger partial charge in [0.2, 0.25) is 0 Å². The average molecular weight is 298 g/mol. The zero-order valence-corrected chi connectivity index (χ0v) is 14.9. The van der Waals surface area contributed by atoms with Crippen molar-refractivity contribution in [3.8, 4) is 0 Å². The predicted octanol–water partition coefficient (Wildman–Crippen LogP) is 4.62. The van der Waals surface area contributed by atoms with Gasteiger partial charge in [-0.2, -0.15) is 0 Å². The first-order valence-electron chi connectivity index (χ1n) is 8.15. The molecular weight excluding hydrogens is 268 g/mol. The Morgan fingerprint density at radius 2 is 1.05 bits per heavy atom. The van der Waals surface area contributed by atoms with Gasteiger partial charge in [0, 0.05) is 24.2 Å². The SMILES string of the molecule is CC(C)(C)NCc1cc2ccccc2cc1CNC(C)(C)C. The van der Waals surface area contributed by atoms with E-state index in [0.29, 0.717) is 0 Å². The van der Waals surface area contributed by atoms with Gasteiger partial charge in [-0.25, -0.2) is 0 Å². The van der Waals surface area contributed by atoms with Crippen molar-refractivity contribution in [3.63, 3.8) is 0 Å². The molecule has 0 atom stereocenters. The third-order valence-electron chi connectivity index (χ3n) is 3.69. The maximum absolute atomic E-state index is 3.61. The monoisotopic (exact) mass is 298 g/mol. The van der Waals surface area contributed by atoms with Crippen LogP contribution < -0.4 is 10.6 Å². The number of rotatable bonds is 4. The molecule has 0 saturated heterocycles. The fourth-order valence-corrected chi connectivity index (χ4v) is 2.38. The van der Waals surface area contributed by atoms with E-state index in [9.17, 15) is 0 Å². The van der Waals surface area contributed by atoms with Crippen molar-refractivity contribution in [1.82, 2.24) is 10.6 Å². The topological polar surface area (TPSA) is 24.1 Å². The first kappa shape index (κ1) is 17.0. The van der Waals surface area contributed by atoms with Crippen LogP contribution in [0.2, 0.25) is 0 Å². The minimum Gasteiger partial charge on any atom is -0.308 e. The molecule has 0 heterocycles. The summed E-state index contributed by atoms with van der Waals surface area (Å²) in [7, 11) is 0. The van der Waals surface area contributed by atoms with Gasteiger partial charge in [-0.15, -0.1) is 0 Å². The van der Waals surface area contributed by atoms with Crippen molar-refractivity contribution in [2.75, 3.05) is 0 Å². The zero-order valence-electron chi connectivity index (χ0n) is 14.9. The number of hydrogen-bond acceptors (Lipinski definition) is 2. The number of nitrogens with one attached hydrogen (secondary N) is 2. The molecule has 0 aromatic heterocycles. The summed E-state index contributed by atoms with van der Waals surface area (Å²) in [5, 5.41) is 9.85. The van der Waals surface area contributed by atoms with Crippen LogP contribution in [0.5, 0.6) is 0 Å². The Labute approximate surface area is 135 Å². The molecule has 0 amide bonds. The largest absolute Gasteiger partial charge is 0.308 e. The normalized spacial score (nSPS) is 12.8. The minimum atomic E-state index is 0.125. The molecule has 0 radical (unpaired) electrons. The van der Waals surface area contributed by atoms with E-state index in [1.807, 2.05) is 0 Å². The molecule has 0 fully saturated rings. The van der Waals surface area contributed by atoms with Crippen LogP contribution >= 0.6 is 0 Å². The molecule has 0 aliphatic carbocycles. The summed E-state index contributed by atoms with van der Waals surface area (Å²) in [6, 6.07) is 13.3. The van der Waals surface area contributed by atoms with E-state index in [-0.39, 0.29) is 11.1 Å². The molecule has 0 bridgehead atoms. The van der Waals surface area contributed by atoms with E-state index in [2.05, 4.69) is 88.6 Å². The van der Waals surface area contributed by atoms with E-state index >= 15 is 0 Å². The van der Waals surface area contributed by atoms with Crippen LogP contribution in [0.25, 0.3) is 10.8 Å². The quantitative estimate of drug-likeness (QED) is 0.861. The lowest BCUT2D eigenvalue weighted by Gasteiger charge is -2.24. The molecule has 2 N–H and O–H groups in total. The first-order chi connectivity index (χ1) is 10.1. The maximum Gasteiger partial charge on any atom is 0.0213 e. The van der Waals surface area contributed by atoms with E-state index < -0.39 is 0 Å². The van der Waals surface area contributed by atoms with Crippen LogP contribution in [-0.2, 0) is 13.1 Å². The van der Waals surface area contributed by atoms with Gasteiger partial charge >= 0.3 is 0 Å². The van der Waals surface area contributed by atoms with Crippen molar-refractivity contribution >= 4 is 10.8 Å². The Morgan fingerprint density at radius 3 is 1.36 bits per heavy atom. The highest BCUT2D eigenvalue weighted by Crippen LogP contribution is 2.21. The lowest BCUT2D eigenvalue weighted by Crippen LogP contribution is -2.37. The summed E-state index contributed by atoms with van der Waals surface area (Å²) >= 11 is 0. The van der Waals surface area contributed by atoms with Crippen LogP contribution in [-0.4, -0.2) is 11.1 Å². The lowest BCUT2D eigenvalue weighted by atomic mass is 9.98. The van der Waals surface area contributed by atoms with Gasteiger partial charge in [-0.3, -0.25) is 0 Å². The van der Waals surface area contributed by atoms with Gasteiger partial charge in [0.25, 0.3) is 0 Å². The molecule has 2 rings (SSSR count). The number of fused-ring (bicyclic) bond motifs is 1. The summed E-state index contributed by atoms with van der Waals surface area (Å²) in [6.45, 7) is 15.1. The molecule has 0 unspecified atom stereocenters. The highest BCUT2D eigenvalue weighted by Gasteiger charge is 2.13. The Balaban J connectivity index is 2.32. The second-order valence-corrected chi connectivity index (χ2v) is 8.18. The summed E-state index contributed by atoms with van der Waals surface area (Å²) in [4.78, 5) is 0. The molecule has 0 saturated carbocycles. The number of hydrogen-bond donors (Lipinski definition) is 2. The van der Waals surface area contributed by atoms with Crippen molar-refractivity contribution in [2.45, 2.75) is 65.7 Å². The fraction of sp³-hybridized carbons (Fsp3) is 0.500. The molecule has 2 heteroatoms. The van der Waals surface area contributed by atoms with Crippen LogP contribution in [0.3, 0.4) is 0 Å². The first-order valence-corrected chi connectivity index (χ1v) is 8.15. The van der Waals surface area contributed by atoms with Gasteiger partial charge in [0.1, 0.15) is 0 Å². The molecule has 2 aromatic rings. The van der Waals surface area contributed by atoms with Crippen LogP contribution in [0.15, 0.2) is 36.4 Å². The van der Waals surface area contributed by atoms with Crippen LogP contribution in [0, 0.1) is 0 Å². The second kappa shape index (κ2) is 6.39. The van der Waals surface area contributed by atoms with Crippen molar-refractivity contribution < 1.29 is 0 Å².